The number of nitrogens with one attached hydrogen (secondary N) is 2. The van der Waals surface area contributed by atoms with Crippen molar-refractivity contribution in [2.45, 2.75) is 57.8 Å². The molecule has 1 aliphatic heterocycles. The van der Waals surface area contributed by atoms with Crippen LogP contribution in [0.4, 0.5) is 11.4 Å². The second-order valence-electron chi connectivity index (χ2n) is 9.55. The number of rotatable bonds is 7. The molecule has 3 rings (SSSR count). The number of anilines is 2. The number of carbonyl (C=O) groups is 1. The van der Waals surface area contributed by atoms with E-state index in [1.54, 1.807) is 12.1 Å². The summed E-state index contributed by atoms with van der Waals surface area (Å²) in [6.45, 7) is 9.62. The molecule has 1 heterocycles. The summed E-state index contributed by atoms with van der Waals surface area (Å²) in [5, 5.41) is 16.2. The number of aliphatic hydroxyl groups is 1. The Morgan fingerprint density at radius 3 is 2.39 bits per heavy atom. The molecule has 1 amide bonds. The molecular formula is C25H35N3O3. The van der Waals surface area contributed by atoms with E-state index in [1.165, 1.54) is 0 Å². The number of hydrogen-bond donors (Lipinski definition) is 3. The predicted octanol–water partition coefficient (Wildman–Crippen LogP) is 4.37. The summed E-state index contributed by atoms with van der Waals surface area (Å²) in [7, 11) is 1.83. The molecule has 1 aliphatic rings. The number of nitrogens with zero attached hydrogens (tertiary/aromatic N) is 1. The van der Waals surface area contributed by atoms with E-state index in [0.29, 0.717) is 12.1 Å². The lowest BCUT2D eigenvalue weighted by molar-refractivity contribution is -0.0433. The maximum absolute atomic E-state index is 12.6. The smallest absolute Gasteiger partial charge is 0.255 e. The summed E-state index contributed by atoms with van der Waals surface area (Å²) in [6, 6.07) is 14.9. The van der Waals surface area contributed by atoms with Crippen molar-refractivity contribution in [3.63, 3.8) is 0 Å². The van der Waals surface area contributed by atoms with E-state index < -0.39 is 5.60 Å². The maximum atomic E-state index is 12.6. The van der Waals surface area contributed by atoms with Gasteiger partial charge in [0.2, 0.25) is 0 Å². The van der Waals surface area contributed by atoms with E-state index >= 15 is 0 Å². The number of hydrogen-bond acceptors (Lipinski definition) is 5. The van der Waals surface area contributed by atoms with Crippen molar-refractivity contribution >= 4 is 17.3 Å². The predicted molar refractivity (Wildman–Crippen MR) is 126 cm³/mol. The van der Waals surface area contributed by atoms with Gasteiger partial charge in [-0.2, -0.15) is 0 Å². The molecule has 1 atom stereocenters. The Morgan fingerprint density at radius 2 is 1.81 bits per heavy atom. The summed E-state index contributed by atoms with van der Waals surface area (Å²) in [5.74, 6) is 0.610. The standard InChI is InChI=1S/C25H35N3O3/c1-24(2)16-20(14-15-28(24)17-25(3,4)30)31-19-12-10-18(11-13-19)23(29)27-22-9-7-6-8-21(22)26-5/h6-13,20,26,30H,14-17H2,1-5H3,(H,27,29). The Morgan fingerprint density at radius 1 is 1.16 bits per heavy atom. The van der Waals surface area contributed by atoms with E-state index in [1.807, 2.05) is 57.3 Å². The molecule has 0 bridgehead atoms. The van der Waals surface area contributed by atoms with Crippen molar-refractivity contribution < 1.29 is 14.6 Å². The van der Waals surface area contributed by atoms with Gasteiger partial charge in [0.05, 0.1) is 17.0 Å². The van der Waals surface area contributed by atoms with Gasteiger partial charge >= 0.3 is 0 Å². The van der Waals surface area contributed by atoms with Crippen LogP contribution in [0.15, 0.2) is 48.5 Å². The van der Waals surface area contributed by atoms with E-state index in [2.05, 4.69) is 29.4 Å². The molecule has 31 heavy (non-hydrogen) atoms. The molecule has 0 aromatic heterocycles. The lowest BCUT2D eigenvalue weighted by Crippen LogP contribution is -2.56. The summed E-state index contributed by atoms with van der Waals surface area (Å²) in [6.07, 6.45) is 1.89. The summed E-state index contributed by atoms with van der Waals surface area (Å²) in [4.78, 5) is 14.9. The zero-order valence-corrected chi connectivity index (χ0v) is 19.2. The van der Waals surface area contributed by atoms with Crippen LogP contribution in [0, 0.1) is 0 Å². The van der Waals surface area contributed by atoms with Gasteiger partial charge in [0.1, 0.15) is 11.9 Å². The molecule has 0 radical (unpaired) electrons. The summed E-state index contributed by atoms with van der Waals surface area (Å²) >= 11 is 0. The molecule has 0 aliphatic carbocycles. The van der Waals surface area contributed by atoms with Crippen LogP contribution in [0.2, 0.25) is 0 Å². The van der Waals surface area contributed by atoms with Gasteiger partial charge in [-0.15, -0.1) is 0 Å². The van der Waals surface area contributed by atoms with Gasteiger partial charge in [-0.3, -0.25) is 9.69 Å². The van der Waals surface area contributed by atoms with Crippen LogP contribution < -0.4 is 15.4 Å². The highest BCUT2D eigenvalue weighted by Gasteiger charge is 2.37. The van der Waals surface area contributed by atoms with Crippen LogP contribution in [-0.2, 0) is 0 Å². The fourth-order valence-corrected chi connectivity index (χ4v) is 4.13. The third kappa shape index (κ3) is 6.21. The van der Waals surface area contributed by atoms with Gasteiger partial charge in [0.25, 0.3) is 5.91 Å². The van der Waals surface area contributed by atoms with Crippen LogP contribution in [0.3, 0.4) is 0 Å². The maximum Gasteiger partial charge on any atom is 0.255 e. The SMILES string of the molecule is CNc1ccccc1NC(=O)c1ccc(OC2CCN(CC(C)(C)O)C(C)(C)C2)cc1. The fraction of sp³-hybridized carbons (Fsp3) is 0.480. The molecule has 1 unspecified atom stereocenters. The van der Waals surface area contributed by atoms with E-state index in [-0.39, 0.29) is 17.6 Å². The third-order valence-corrected chi connectivity index (χ3v) is 5.75. The van der Waals surface area contributed by atoms with Crippen LogP contribution in [0.25, 0.3) is 0 Å². The van der Waals surface area contributed by atoms with Gasteiger partial charge < -0.3 is 20.5 Å². The number of para-hydroxylation sites is 2. The lowest BCUT2D eigenvalue weighted by atomic mass is 9.87. The highest BCUT2D eigenvalue weighted by atomic mass is 16.5. The Hall–Kier alpha value is -2.57. The molecule has 0 spiro atoms. The molecular weight excluding hydrogens is 390 g/mol. The molecule has 6 nitrogen and oxygen atoms in total. The molecule has 0 saturated carbocycles. The quantitative estimate of drug-likeness (QED) is 0.614. The Balaban J connectivity index is 1.59. The highest BCUT2D eigenvalue weighted by Crippen LogP contribution is 2.31. The number of β-amino-alcohol motifs (C(OH)–C–C–N with tert-alkyl or cyclic N) is 1. The van der Waals surface area contributed by atoms with Crippen molar-refractivity contribution in [2.24, 2.45) is 0 Å². The van der Waals surface area contributed by atoms with Gasteiger partial charge in [0.15, 0.2) is 0 Å². The second kappa shape index (κ2) is 9.28. The minimum absolute atomic E-state index is 0.0521. The van der Waals surface area contributed by atoms with Gasteiger partial charge in [-0.05, 0) is 70.5 Å². The normalized spacial score (nSPS) is 19.0. The van der Waals surface area contributed by atoms with Crippen LogP contribution >= 0.6 is 0 Å². The minimum atomic E-state index is -0.713. The Kier molecular flexibility index (Phi) is 6.92. The largest absolute Gasteiger partial charge is 0.490 e. The van der Waals surface area contributed by atoms with Gasteiger partial charge in [0, 0.05) is 37.7 Å². The molecule has 3 N–H and O–H groups in total. The monoisotopic (exact) mass is 425 g/mol. The number of piperidine rings is 1. The number of likely N-dealkylation sites (tertiary alicyclic amines) is 1. The summed E-state index contributed by atoms with van der Waals surface area (Å²) in [5.41, 5.74) is 1.43. The molecule has 2 aromatic carbocycles. The van der Waals surface area contributed by atoms with Crippen molar-refractivity contribution in [3.05, 3.63) is 54.1 Å². The van der Waals surface area contributed by atoms with Crippen molar-refractivity contribution in [2.75, 3.05) is 30.8 Å². The van der Waals surface area contributed by atoms with Crippen LogP contribution in [0.5, 0.6) is 5.75 Å². The molecule has 1 saturated heterocycles. The topological polar surface area (TPSA) is 73.8 Å². The number of benzene rings is 2. The van der Waals surface area contributed by atoms with Crippen LogP contribution in [0.1, 0.15) is 50.9 Å². The van der Waals surface area contributed by atoms with Gasteiger partial charge in [-0.1, -0.05) is 12.1 Å². The first-order valence-electron chi connectivity index (χ1n) is 10.9. The first-order chi connectivity index (χ1) is 14.6. The number of carbonyl (C=O) groups excluding carboxylic acids is 1. The third-order valence-electron chi connectivity index (χ3n) is 5.75. The second-order valence-corrected chi connectivity index (χ2v) is 9.55. The van der Waals surface area contributed by atoms with Gasteiger partial charge in [-0.25, -0.2) is 0 Å². The van der Waals surface area contributed by atoms with Crippen LogP contribution in [-0.4, -0.2) is 53.3 Å². The van der Waals surface area contributed by atoms with E-state index in [0.717, 1.165) is 36.5 Å². The van der Waals surface area contributed by atoms with Crippen molar-refractivity contribution in [1.29, 1.82) is 0 Å². The van der Waals surface area contributed by atoms with E-state index in [4.69, 9.17) is 4.74 Å². The first kappa shape index (κ1) is 23.1. The van der Waals surface area contributed by atoms with Crippen molar-refractivity contribution in [3.8, 4) is 5.75 Å². The average molecular weight is 426 g/mol. The minimum Gasteiger partial charge on any atom is -0.490 e. The summed E-state index contributed by atoms with van der Waals surface area (Å²) < 4.78 is 6.23. The molecule has 2 aromatic rings. The molecule has 168 valence electrons. The molecule has 6 heteroatoms. The molecule has 1 fully saturated rings. The van der Waals surface area contributed by atoms with Crippen molar-refractivity contribution in [1.82, 2.24) is 4.90 Å². The zero-order chi connectivity index (χ0) is 22.6. The Bertz CT molecular complexity index is 888. The highest BCUT2D eigenvalue weighted by molar-refractivity contribution is 6.05. The van der Waals surface area contributed by atoms with E-state index in [9.17, 15) is 9.90 Å². The first-order valence-corrected chi connectivity index (χ1v) is 10.9. The Labute approximate surface area is 185 Å². The number of amides is 1. The zero-order valence-electron chi connectivity index (χ0n) is 19.2. The fourth-order valence-electron chi connectivity index (χ4n) is 4.13. The average Bonchev–Trinajstić information content (AvgIpc) is 2.70. The number of ether oxygens (including phenoxy) is 1. The lowest BCUT2D eigenvalue weighted by Gasteiger charge is -2.47.